The third-order valence-electron chi connectivity index (χ3n) is 3.03. The summed E-state index contributed by atoms with van der Waals surface area (Å²) >= 11 is 0. The fourth-order valence-electron chi connectivity index (χ4n) is 1.96. The van der Waals surface area contributed by atoms with E-state index >= 15 is 0 Å². The SMILES string of the molecule is CN1CCN(Nc2ccn3nccc3n2)CC1. The van der Waals surface area contributed by atoms with Crippen molar-refractivity contribution in [2.75, 3.05) is 38.7 Å². The minimum absolute atomic E-state index is 0.865. The summed E-state index contributed by atoms with van der Waals surface area (Å²) < 4.78 is 1.76. The molecule has 1 aliphatic heterocycles. The molecule has 0 atom stereocenters. The lowest BCUT2D eigenvalue weighted by molar-refractivity contribution is 0.178. The van der Waals surface area contributed by atoms with E-state index in [-0.39, 0.29) is 0 Å². The van der Waals surface area contributed by atoms with Crippen LogP contribution in [0.1, 0.15) is 0 Å². The van der Waals surface area contributed by atoms with Crippen LogP contribution in [0.4, 0.5) is 5.82 Å². The van der Waals surface area contributed by atoms with Gasteiger partial charge in [0, 0.05) is 44.5 Å². The minimum Gasteiger partial charge on any atom is -0.304 e. The Morgan fingerprint density at radius 1 is 1.18 bits per heavy atom. The zero-order valence-corrected chi connectivity index (χ0v) is 9.87. The second-order valence-corrected chi connectivity index (χ2v) is 4.35. The van der Waals surface area contributed by atoms with Crippen molar-refractivity contribution < 1.29 is 0 Å². The Morgan fingerprint density at radius 3 is 2.82 bits per heavy atom. The van der Waals surface area contributed by atoms with Crippen LogP contribution in [0.2, 0.25) is 0 Å². The van der Waals surface area contributed by atoms with Gasteiger partial charge in [-0.25, -0.2) is 14.5 Å². The Balaban J connectivity index is 1.71. The number of fused-ring (bicyclic) bond motifs is 1. The maximum atomic E-state index is 4.48. The Kier molecular flexibility index (Phi) is 2.66. The molecule has 2 aromatic heterocycles. The third-order valence-corrected chi connectivity index (χ3v) is 3.03. The summed E-state index contributed by atoms with van der Waals surface area (Å²) in [4.78, 5) is 6.81. The topological polar surface area (TPSA) is 48.7 Å². The van der Waals surface area contributed by atoms with Crippen molar-refractivity contribution in [1.29, 1.82) is 0 Å². The highest BCUT2D eigenvalue weighted by Crippen LogP contribution is 2.08. The van der Waals surface area contributed by atoms with Gasteiger partial charge in [-0.15, -0.1) is 0 Å². The van der Waals surface area contributed by atoms with Crippen LogP contribution in [0, 0.1) is 0 Å². The fraction of sp³-hybridized carbons (Fsp3) is 0.455. The van der Waals surface area contributed by atoms with Gasteiger partial charge in [0.25, 0.3) is 0 Å². The first-order valence-electron chi connectivity index (χ1n) is 5.82. The van der Waals surface area contributed by atoms with E-state index in [4.69, 9.17) is 0 Å². The molecule has 6 heteroatoms. The summed E-state index contributed by atoms with van der Waals surface area (Å²) in [6, 6.07) is 3.84. The Morgan fingerprint density at radius 2 is 2.00 bits per heavy atom. The van der Waals surface area contributed by atoms with Crippen molar-refractivity contribution in [3.05, 3.63) is 24.5 Å². The number of piperazine rings is 1. The predicted octanol–water partition coefficient (Wildman–Crippen LogP) is 0.304. The van der Waals surface area contributed by atoms with Gasteiger partial charge in [-0.2, -0.15) is 5.10 Å². The molecule has 0 unspecified atom stereocenters. The monoisotopic (exact) mass is 232 g/mol. The fourth-order valence-corrected chi connectivity index (χ4v) is 1.96. The second-order valence-electron chi connectivity index (χ2n) is 4.35. The normalized spacial score (nSPS) is 18.6. The molecule has 3 rings (SSSR count). The molecule has 0 aromatic carbocycles. The average Bonchev–Trinajstić information content (AvgIpc) is 2.79. The summed E-state index contributed by atoms with van der Waals surface area (Å²) in [6.45, 7) is 4.20. The van der Waals surface area contributed by atoms with Gasteiger partial charge in [0.2, 0.25) is 0 Å². The lowest BCUT2D eigenvalue weighted by Crippen LogP contribution is -2.47. The molecular weight excluding hydrogens is 216 g/mol. The standard InChI is InChI=1S/C11H16N6/c1-15-6-8-16(9-7-15)14-10-3-5-17-11(13-10)2-4-12-17/h2-5H,6-9H2,1H3,(H,13,14). The molecule has 1 aliphatic rings. The number of likely N-dealkylation sites (N-methyl/N-ethyl adjacent to an activating group) is 1. The Hall–Kier alpha value is -1.66. The molecule has 0 spiro atoms. The van der Waals surface area contributed by atoms with Gasteiger partial charge >= 0.3 is 0 Å². The van der Waals surface area contributed by atoms with Gasteiger partial charge in [-0.1, -0.05) is 0 Å². The van der Waals surface area contributed by atoms with Gasteiger partial charge in [0.15, 0.2) is 5.65 Å². The first-order valence-corrected chi connectivity index (χ1v) is 5.82. The van der Waals surface area contributed by atoms with Gasteiger partial charge < -0.3 is 10.3 Å². The van der Waals surface area contributed by atoms with Gasteiger partial charge in [-0.3, -0.25) is 0 Å². The number of hydrazine groups is 1. The summed E-state index contributed by atoms with van der Waals surface area (Å²) in [7, 11) is 2.15. The van der Waals surface area contributed by atoms with E-state index in [1.165, 1.54) is 0 Å². The number of rotatable bonds is 2. The number of hydrogen-bond acceptors (Lipinski definition) is 5. The molecular formula is C11H16N6. The highest BCUT2D eigenvalue weighted by Gasteiger charge is 2.13. The van der Waals surface area contributed by atoms with Crippen LogP contribution in [0.5, 0.6) is 0 Å². The third kappa shape index (κ3) is 2.22. The van der Waals surface area contributed by atoms with E-state index in [1.54, 1.807) is 10.7 Å². The quantitative estimate of drug-likeness (QED) is 0.807. The Bertz CT molecular complexity index is 499. The molecule has 90 valence electrons. The zero-order chi connectivity index (χ0) is 11.7. The number of aromatic nitrogens is 3. The molecule has 6 nitrogen and oxygen atoms in total. The minimum atomic E-state index is 0.865. The molecule has 3 heterocycles. The van der Waals surface area contributed by atoms with E-state index in [0.717, 1.165) is 37.6 Å². The first-order chi connectivity index (χ1) is 8.31. The van der Waals surface area contributed by atoms with Crippen LogP contribution in [-0.4, -0.2) is 57.7 Å². The van der Waals surface area contributed by atoms with Crippen LogP contribution < -0.4 is 5.43 Å². The van der Waals surface area contributed by atoms with Gasteiger partial charge in [-0.05, 0) is 7.05 Å². The summed E-state index contributed by atoms with van der Waals surface area (Å²) in [5.41, 5.74) is 4.20. The highest BCUT2D eigenvalue weighted by molar-refractivity contribution is 5.44. The molecule has 0 aliphatic carbocycles. The van der Waals surface area contributed by atoms with Crippen molar-refractivity contribution in [3.8, 4) is 0 Å². The highest BCUT2D eigenvalue weighted by atomic mass is 15.5. The largest absolute Gasteiger partial charge is 0.304 e. The van der Waals surface area contributed by atoms with Crippen molar-refractivity contribution >= 4 is 11.5 Å². The van der Waals surface area contributed by atoms with Gasteiger partial charge in [0.1, 0.15) is 5.82 Å². The maximum absolute atomic E-state index is 4.48. The van der Waals surface area contributed by atoms with Crippen LogP contribution in [0.15, 0.2) is 24.5 Å². The van der Waals surface area contributed by atoms with Crippen LogP contribution in [0.3, 0.4) is 0 Å². The van der Waals surface area contributed by atoms with Crippen molar-refractivity contribution in [2.24, 2.45) is 0 Å². The summed E-state index contributed by atoms with van der Waals surface area (Å²) in [6.07, 6.45) is 3.67. The number of nitrogens with one attached hydrogen (secondary N) is 1. The van der Waals surface area contributed by atoms with Crippen LogP contribution in [0.25, 0.3) is 5.65 Å². The molecule has 1 fully saturated rings. The summed E-state index contributed by atoms with van der Waals surface area (Å²) in [5.74, 6) is 0.877. The van der Waals surface area contributed by atoms with Gasteiger partial charge in [0.05, 0.1) is 6.20 Å². The van der Waals surface area contributed by atoms with Crippen LogP contribution >= 0.6 is 0 Å². The lowest BCUT2D eigenvalue weighted by atomic mass is 10.4. The number of hydrogen-bond donors (Lipinski definition) is 1. The molecule has 1 saturated heterocycles. The summed E-state index contributed by atoms with van der Waals surface area (Å²) in [5, 5.41) is 6.33. The first kappa shape index (κ1) is 10.5. The second kappa shape index (κ2) is 4.31. The van der Waals surface area contributed by atoms with E-state index in [2.05, 4.69) is 32.5 Å². The van der Waals surface area contributed by atoms with E-state index in [9.17, 15) is 0 Å². The number of anilines is 1. The number of nitrogens with zero attached hydrogens (tertiary/aromatic N) is 5. The smallest absolute Gasteiger partial charge is 0.157 e. The molecule has 17 heavy (non-hydrogen) atoms. The maximum Gasteiger partial charge on any atom is 0.157 e. The van der Waals surface area contributed by atoms with Crippen molar-refractivity contribution in [3.63, 3.8) is 0 Å². The molecule has 1 N–H and O–H groups in total. The molecule has 0 bridgehead atoms. The molecule has 0 saturated carbocycles. The van der Waals surface area contributed by atoms with E-state index < -0.39 is 0 Å². The lowest BCUT2D eigenvalue weighted by Gasteiger charge is -2.32. The van der Waals surface area contributed by atoms with Crippen molar-refractivity contribution in [2.45, 2.75) is 0 Å². The molecule has 2 aromatic rings. The Labute approximate surface area is 99.8 Å². The van der Waals surface area contributed by atoms with E-state index in [1.807, 2.05) is 18.3 Å². The van der Waals surface area contributed by atoms with Crippen LogP contribution in [-0.2, 0) is 0 Å². The molecule has 0 amide bonds. The van der Waals surface area contributed by atoms with E-state index in [0.29, 0.717) is 0 Å². The van der Waals surface area contributed by atoms with Crippen molar-refractivity contribution in [1.82, 2.24) is 24.5 Å². The zero-order valence-electron chi connectivity index (χ0n) is 9.87. The predicted molar refractivity (Wildman–Crippen MR) is 65.7 cm³/mol. The molecule has 0 radical (unpaired) electrons. The average molecular weight is 232 g/mol.